The summed E-state index contributed by atoms with van der Waals surface area (Å²) in [5.41, 5.74) is 5.98. The number of hydrogen-bond acceptors (Lipinski definition) is 7. The van der Waals surface area contributed by atoms with Gasteiger partial charge in [-0.2, -0.15) is 11.8 Å². The van der Waals surface area contributed by atoms with Crippen molar-refractivity contribution in [2.75, 3.05) is 25.1 Å². The van der Waals surface area contributed by atoms with Gasteiger partial charge in [-0.1, -0.05) is 0 Å². The summed E-state index contributed by atoms with van der Waals surface area (Å²) in [6.07, 6.45) is 3.17. The Balaban J connectivity index is 2.07. The van der Waals surface area contributed by atoms with Crippen molar-refractivity contribution in [3.05, 3.63) is 0 Å². The molecule has 170 valence electrons. The number of nitrogens with zero attached hydrogens (tertiary/aromatic N) is 2. The van der Waals surface area contributed by atoms with Crippen LogP contribution in [0.4, 0.5) is 0 Å². The number of aliphatic hydroxyl groups excluding tert-OH is 1. The molecule has 5 unspecified atom stereocenters. The van der Waals surface area contributed by atoms with E-state index in [2.05, 4.69) is 5.32 Å². The van der Waals surface area contributed by atoms with Gasteiger partial charge in [-0.3, -0.25) is 14.4 Å². The number of thioether (sulfide) groups is 1. The first-order valence-electron chi connectivity index (χ1n) is 10.3. The number of carbonyl (C=O) groups excluding carboxylic acids is 3. The second-order valence-corrected chi connectivity index (χ2v) is 8.82. The van der Waals surface area contributed by atoms with Crippen molar-refractivity contribution in [3.8, 4) is 0 Å². The number of nitrogens with two attached hydrogens (primary N) is 1. The molecule has 5 atom stereocenters. The minimum Gasteiger partial charge on any atom is -0.480 e. The van der Waals surface area contributed by atoms with E-state index in [1.165, 1.54) is 16.7 Å². The molecule has 11 heteroatoms. The fourth-order valence-electron chi connectivity index (χ4n) is 3.99. The van der Waals surface area contributed by atoms with Crippen LogP contribution in [0, 0.1) is 0 Å². The van der Waals surface area contributed by atoms with E-state index in [1.807, 2.05) is 6.26 Å². The predicted octanol–water partition coefficient (Wildman–Crippen LogP) is -1.00. The second-order valence-electron chi connectivity index (χ2n) is 7.83. The maximum absolute atomic E-state index is 12.9. The number of rotatable bonds is 9. The van der Waals surface area contributed by atoms with Gasteiger partial charge in [0.2, 0.25) is 17.7 Å². The maximum atomic E-state index is 12.9. The highest BCUT2D eigenvalue weighted by atomic mass is 32.2. The molecule has 2 rings (SSSR count). The topological polar surface area (TPSA) is 153 Å². The molecule has 5 N–H and O–H groups in total. The van der Waals surface area contributed by atoms with Gasteiger partial charge in [-0.15, -0.1) is 0 Å². The monoisotopic (exact) mass is 444 g/mol. The van der Waals surface area contributed by atoms with Crippen molar-refractivity contribution in [1.82, 2.24) is 15.1 Å². The van der Waals surface area contributed by atoms with Crippen LogP contribution in [0.3, 0.4) is 0 Å². The minimum absolute atomic E-state index is 0.257. The van der Waals surface area contributed by atoms with E-state index in [0.717, 1.165) is 5.75 Å². The van der Waals surface area contributed by atoms with E-state index in [1.54, 1.807) is 11.8 Å². The minimum atomic E-state index is -1.28. The fourth-order valence-corrected chi connectivity index (χ4v) is 4.48. The summed E-state index contributed by atoms with van der Waals surface area (Å²) < 4.78 is 0. The maximum Gasteiger partial charge on any atom is 0.326 e. The van der Waals surface area contributed by atoms with E-state index in [4.69, 9.17) is 5.73 Å². The van der Waals surface area contributed by atoms with Crippen LogP contribution in [0.25, 0.3) is 0 Å². The summed E-state index contributed by atoms with van der Waals surface area (Å²) in [5, 5.41) is 22.0. The first kappa shape index (κ1) is 24.4. The molecule has 30 heavy (non-hydrogen) atoms. The number of nitrogens with one attached hydrogen (secondary N) is 1. The van der Waals surface area contributed by atoms with Crippen molar-refractivity contribution in [3.63, 3.8) is 0 Å². The van der Waals surface area contributed by atoms with E-state index in [0.29, 0.717) is 38.6 Å². The van der Waals surface area contributed by atoms with Crippen molar-refractivity contribution in [2.45, 2.75) is 69.3 Å². The summed E-state index contributed by atoms with van der Waals surface area (Å²) in [6, 6.07) is -3.70. The number of carboxylic acid groups (broad SMARTS) is 1. The number of hydrogen-bond donors (Lipinski definition) is 4. The lowest BCUT2D eigenvalue weighted by Gasteiger charge is -2.31. The van der Waals surface area contributed by atoms with Crippen LogP contribution < -0.4 is 11.1 Å². The number of aliphatic carboxylic acids is 1. The predicted molar refractivity (Wildman–Crippen MR) is 112 cm³/mol. The Morgan fingerprint density at radius 1 is 1.10 bits per heavy atom. The molecule has 10 nitrogen and oxygen atoms in total. The van der Waals surface area contributed by atoms with Gasteiger partial charge in [0, 0.05) is 13.1 Å². The van der Waals surface area contributed by atoms with Gasteiger partial charge >= 0.3 is 5.97 Å². The highest BCUT2D eigenvalue weighted by molar-refractivity contribution is 7.98. The van der Waals surface area contributed by atoms with E-state index in [9.17, 15) is 29.4 Å². The first-order valence-corrected chi connectivity index (χ1v) is 11.6. The van der Waals surface area contributed by atoms with Gasteiger partial charge < -0.3 is 31.1 Å². The molecule has 0 radical (unpaired) electrons. The van der Waals surface area contributed by atoms with E-state index >= 15 is 0 Å². The lowest BCUT2D eigenvalue weighted by Crippen LogP contribution is -2.59. The Morgan fingerprint density at radius 3 is 2.20 bits per heavy atom. The Hall–Kier alpha value is -1.85. The van der Waals surface area contributed by atoms with Gasteiger partial charge in [-0.25, -0.2) is 4.79 Å². The Kier molecular flexibility index (Phi) is 8.92. The molecule has 0 bridgehead atoms. The molecule has 3 amide bonds. The van der Waals surface area contributed by atoms with Crippen LogP contribution in [0.1, 0.15) is 39.0 Å². The summed E-state index contributed by atoms with van der Waals surface area (Å²) in [7, 11) is 0. The first-order chi connectivity index (χ1) is 14.2. The van der Waals surface area contributed by atoms with Gasteiger partial charge in [-0.05, 0) is 51.0 Å². The largest absolute Gasteiger partial charge is 0.480 e. The standard InChI is InChI=1S/C19H32N4O6S/c1-11(24)15(18(27)23-9-4-6-14(23)19(28)29)21-16(25)13-5-3-8-22(13)17(26)12(20)7-10-30-2/h11-15,24H,3-10,20H2,1-2H3,(H,21,25)(H,28,29). The third kappa shape index (κ3) is 5.64. The van der Waals surface area contributed by atoms with Gasteiger partial charge in [0.15, 0.2) is 0 Å². The molecule has 2 aliphatic rings. The number of aliphatic hydroxyl groups is 1. The van der Waals surface area contributed by atoms with Crippen LogP contribution in [-0.4, -0.2) is 99.1 Å². The molecular weight excluding hydrogens is 412 g/mol. The van der Waals surface area contributed by atoms with Crippen molar-refractivity contribution in [2.24, 2.45) is 5.73 Å². The SMILES string of the molecule is CSCCC(N)C(=O)N1CCCC1C(=O)NC(C(=O)N1CCCC1C(=O)O)C(C)O. The quantitative estimate of drug-likeness (QED) is 0.353. The zero-order valence-corrected chi connectivity index (χ0v) is 18.3. The highest BCUT2D eigenvalue weighted by Crippen LogP contribution is 2.22. The third-order valence-corrected chi connectivity index (χ3v) is 6.30. The fraction of sp³-hybridized carbons (Fsp3) is 0.789. The lowest BCUT2D eigenvalue weighted by molar-refractivity contribution is -0.151. The summed E-state index contributed by atoms with van der Waals surface area (Å²) >= 11 is 1.58. The molecule has 2 saturated heterocycles. The molecule has 0 aromatic carbocycles. The third-order valence-electron chi connectivity index (χ3n) is 5.66. The van der Waals surface area contributed by atoms with Crippen molar-refractivity contribution >= 4 is 35.5 Å². The van der Waals surface area contributed by atoms with Crippen LogP contribution in [0.5, 0.6) is 0 Å². The second kappa shape index (κ2) is 11.0. The molecular formula is C19H32N4O6S. The molecule has 0 aromatic heterocycles. The lowest BCUT2D eigenvalue weighted by atomic mass is 10.1. The van der Waals surface area contributed by atoms with E-state index < -0.39 is 48.1 Å². The Labute approximate surface area is 180 Å². The van der Waals surface area contributed by atoms with Crippen molar-refractivity contribution < 1.29 is 29.4 Å². The normalized spacial score (nSPS) is 24.4. The van der Waals surface area contributed by atoms with E-state index in [-0.39, 0.29) is 12.5 Å². The molecule has 0 aliphatic carbocycles. The summed E-state index contributed by atoms with van der Waals surface area (Å²) in [6.45, 7) is 2.03. The number of carbonyl (C=O) groups is 4. The molecule has 2 heterocycles. The number of likely N-dealkylation sites (tertiary alicyclic amines) is 2. The zero-order valence-electron chi connectivity index (χ0n) is 17.5. The Morgan fingerprint density at radius 2 is 1.67 bits per heavy atom. The van der Waals surface area contributed by atoms with Crippen molar-refractivity contribution in [1.29, 1.82) is 0 Å². The average Bonchev–Trinajstić information content (AvgIpc) is 3.38. The number of amides is 3. The number of carboxylic acids is 1. The molecule has 0 spiro atoms. The van der Waals surface area contributed by atoms with Crippen LogP contribution in [-0.2, 0) is 19.2 Å². The van der Waals surface area contributed by atoms with Crippen LogP contribution in [0.2, 0.25) is 0 Å². The van der Waals surface area contributed by atoms with Gasteiger partial charge in [0.1, 0.15) is 18.1 Å². The smallest absolute Gasteiger partial charge is 0.326 e. The zero-order chi connectivity index (χ0) is 22.4. The average molecular weight is 445 g/mol. The van der Waals surface area contributed by atoms with Gasteiger partial charge in [0.05, 0.1) is 12.1 Å². The highest BCUT2D eigenvalue weighted by Gasteiger charge is 2.42. The summed E-state index contributed by atoms with van der Waals surface area (Å²) in [5.74, 6) is -1.84. The molecule has 0 saturated carbocycles. The molecule has 0 aromatic rings. The van der Waals surface area contributed by atoms with Crippen LogP contribution in [0.15, 0.2) is 0 Å². The van der Waals surface area contributed by atoms with Crippen LogP contribution >= 0.6 is 11.8 Å². The molecule has 2 fully saturated rings. The summed E-state index contributed by atoms with van der Waals surface area (Å²) in [4.78, 5) is 52.5. The molecule has 2 aliphatic heterocycles. The van der Waals surface area contributed by atoms with Gasteiger partial charge in [0.25, 0.3) is 0 Å². The Bertz CT molecular complexity index is 661.